The molecule has 116 valence electrons. The van der Waals surface area contributed by atoms with Crippen molar-refractivity contribution >= 4 is 22.8 Å². The van der Waals surface area contributed by atoms with E-state index in [0.717, 1.165) is 5.56 Å². The van der Waals surface area contributed by atoms with Gasteiger partial charge in [0.15, 0.2) is 0 Å². The van der Waals surface area contributed by atoms with E-state index in [4.69, 9.17) is 5.11 Å². The van der Waals surface area contributed by atoms with Gasteiger partial charge < -0.3 is 10.4 Å². The summed E-state index contributed by atoms with van der Waals surface area (Å²) >= 11 is 0. The van der Waals surface area contributed by atoms with E-state index in [1.54, 1.807) is 12.1 Å². The van der Waals surface area contributed by atoms with Crippen molar-refractivity contribution in [2.24, 2.45) is 0 Å². The van der Waals surface area contributed by atoms with Crippen LogP contribution in [0.1, 0.15) is 18.9 Å². The van der Waals surface area contributed by atoms with Gasteiger partial charge in [-0.1, -0.05) is 12.1 Å². The molecule has 1 atom stereocenters. The smallest absolute Gasteiger partial charge is 0.325 e. The molecule has 1 amide bonds. The van der Waals surface area contributed by atoms with Gasteiger partial charge in [-0.3, -0.25) is 19.0 Å². The number of carboxylic acids is 1. The molecule has 0 saturated carbocycles. The number of aromatic nitrogens is 2. The second-order valence-corrected chi connectivity index (χ2v) is 5.09. The van der Waals surface area contributed by atoms with Gasteiger partial charge in [0, 0.05) is 13.0 Å². The Labute approximate surface area is 126 Å². The average molecular weight is 303 g/mol. The predicted molar refractivity (Wildman–Crippen MR) is 80.6 cm³/mol. The number of aryl methyl sites for hydroxylation is 2. The topological polar surface area (TPSA) is 101 Å². The normalized spacial score (nSPS) is 12.1. The van der Waals surface area contributed by atoms with Crippen molar-refractivity contribution in [2.45, 2.75) is 32.9 Å². The molecular weight excluding hydrogens is 286 g/mol. The minimum absolute atomic E-state index is 0.0104. The molecule has 22 heavy (non-hydrogen) atoms. The zero-order chi connectivity index (χ0) is 16.3. The first-order valence-electron chi connectivity index (χ1n) is 6.87. The number of rotatable bonds is 5. The second-order valence-electron chi connectivity index (χ2n) is 5.09. The summed E-state index contributed by atoms with van der Waals surface area (Å²) in [5.41, 5.74) is 1.34. The van der Waals surface area contributed by atoms with E-state index in [0.29, 0.717) is 10.9 Å². The Morgan fingerprint density at radius 1 is 1.41 bits per heavy atom. The minimum Gasteiger partial charge on any atom is -0.480 e. The first kappa shape index (κ1) is 15.7. The molecule has 0 fully saturated rings. The van der Waals surface area contributed by atoms with Crippen molar-refractivity contribution in [2.75, 3.05) is 0 Å². The van der Waals surface area contributed by atoms with Crippen LogP contribution in [0.4, 0.5) is 0 Å². The number of para-hydroxylation sites is 1. The molecule has 1 aromatic heterocycles. The van der Waals surface area contributed by atoms with E-state index in [9.17, 15) is 14.4 Å². The number of amides is 1. The van der Waals surface area contributed by atoms with Crippen LogP contribution in [0, 0.1) is 6.92 Å². The summed E-state index contributed by atoms with van der Waals surface area (Å²) in [6.45, 7) is 3.40. The number of nitrogens with zero attached hydrogens (tertiary/aromatic N) is 2. The second kappa shape index (κ2) is 6.38. The van der Waals surface area contributed by atoms with Crippen LogP contribution in [-0.4, -0.2) is 32.6 Å². The quantitative estimate of drug-likeness (QED) is 0.846. The van der Waals surface area contributed by atoms with Gasteiger partial charge in [0.25, 0.3) is 5.56 Å². The Balaban J connectivity index is 2.13. The summed E-state index contributed by atoms with van der Waals surface area (Å²) in [7, 11) is 0. The van der Waals surface area contributed by atoms with Crippen molar-refractivity contribution in [1.29, 1.82) is 0 Å². The van der Waals surface area contributed by atoms with Gasteiger partial charge in [0.05, 0.1) is 17.2 Å². The van der Waals surface area contributed by atoms with E-state index in [1.165, 1.54) is 17.8 Å². The lowest BCUT2D eigenvalue weighted by Gasteiger charge is -2.10. The van der Waals surface area contributed by atoms with Gasteiger partial charge in [-0.15, -0.1) is 0 Å². The molecule has 0 radical (unpaired) electrons. The van der Waals surface area contributed by atoms with Crippen LogP contribution in [0.15, 0.2) is 29.3 Å². The highest BCUT2D eigenvalue weighted by atomic mass is 16.4. The zero-order valence-electron chi connectivity index (χ0n) is 12.4. The van der Waals surface area contributed by atoms with Crippen molar-refractivity contribution < 1.29 is 14.7 Å². The number of carbonyl (C=O) groups is 2. The zero-order valence-corrected chi connectivity index (χ0v) is 12.4. The van der Waals surface area contributed by atoms with Gasteiger partial charge in [-0.05, 0) is 25.5 Å². The molecule has 1 unspecified atom stereocenters. The molecule has 7 heteroatoms. The molecule has 0 aliphatic heterocycles. The van der Waals surface area contributed by atoms with Crippen LogP contribution >= 0.6 is 0 Å². The SMILES string of the molecule is Cc1cccc2c(=O)n(CCC(=O)NC(C)C(=O)O)cnc12. The molecule has 0 saturated heterocycles. The molecule has 7 nitrogen and oxygen atoms in total. The van der Waals surface area contributed by atoms with Crippen LogP contribution in [0.3, 0.4) is 0 Å². The number of nitrogens with one attached hydrogen (secondary N) is 1. The third-order valence-corrected chi connectivity index (χ3v) is 3.38. The van der Waals surface area contributed by atoms with Gasteiger partial charge in [-0.2, -0.15) is 0 Å². The van der Waals surface area contributed by atoms with Crippen molar-refractivity contribution in [3.05, 3.63) is 40.4 Å². The fourth-order valence-electron chi connectivity index (χ4n) is 2.09. The Morgan fingerprint density at radius 3 is 2.82 bits per heavy atom. The predicted octanol–water partition coefficient (Wildman–Crippen LogP) is 0.684. The Morgan fingerprint density at radius 2 is 2.14 bits per heavy atom. The summed E-state index contributed by atoms with van der Waals surface area (Å²) in [4.78, 5) is 38.9. The number of hydrogen-bond acceptors (Lipinski definition) is 4. The maximum absolute atomic E-state index is 12.3. The minimum atomic E-state index is -1.10. The highest BCUT2D eigenvalue weighted by Crippen LogP contribution is 2.11. The van der Waals surface area contributed by atoms with E-state index >= 15 is 0 Å². The van der Waals surface area contributed by atoms with Crippen LogP contribution in [-0.2, 0) is 16.1 Å². The number of carboxylic acid groups (broad SMARTS) is 1. The third kappa shape index (κ3) is 3.30. The lowest BCUT2D eigenvalue weighted by Crippen LogP contribution is -2.39. The van der Waals surface area contributed by atoms with E-state index in [-0.39, 0.29) is 18.5 Å². The first-order chi connectivity index (χ1) is 10.4. The molecule has 0 aliphatic rings. The molecule has 0 bridgehead atoms. The summed E-state index contributed by atoms with van der Waals surface area (Å²) in [5, 5.41) is 11.6. The summed E-state index contributed by atoms with van der Waals surface area (Å²) in [6.07, 6.45) is 1.42. The summed E-state index contributed by atoms with van der Waals surface area (Å²) < 4.78 is 1.35. The highest BCUT2D eigenvalue weighted by molar-refractivity contribution is 5.83. The van der Waals surface area contributed by atoms with Crippen LogP contribution in [0.25, 0.3) is 10.9 Å². The lowest BCUT2D eigenvalue weighted by molar-refractivity contribution is -0.141. The number of fused-ring (bicyclic) bond motifs is 1. The van der Waals surface area contributed by atoms with E-state index in [2.05, 4.69) is 10.3 Å². The van der Waals surface area contributed by atoms with Crippen LogP contribution in [0.2, 0.25) is 0 Å². The number of carbonyl (C=O) groups excluding carboxylic acids is 1. The Bertz CT molecular complexity index is 782. The molecule has 2 aromatic rings. The van der Waals surface area contributed by atoms with Gasteiger partial charge >= 0.3 is 5.97 Å². The number of benzene rings is 1. The Hall–Kier alpha value is -2.70. The molecule has 2 rings (SSSR count). The van der Waals surface area contributed by atoms with E-state index < -0.39 is 17.9 Å². The number of hydrogen-bond donors (Lipinski definition) is 2. The molecule has 2 N–H and O–H groups in total. The van der Waals surface area contributed by atoms with Crippen LogP contribution in [0.5, 0.6) is 0 Å². The molecular formula is C15H17N3O4. The standard InChI is InChI=1S/C15H17N3O4/c1-9-4-3-5-11-13(9)16-8-18(14(11)20)7-6-12(19)17-10(2)15(21)22/h3-5,8,10H,6-7H2,1-2H3,(H,17,19)(H,21,22). The lowest BCUT2D eigenvalue weighted by atomic mass is 10.1. The van der Waals surface area contributed by atoms with Crippen molar-refractivity contribution in [3.8, 4) is 0 Å². The molecule has 1 aromatic carbocycles. The largest absolute Gasteiger partial charge is 0.480 e. The Kier molecular flexibility index (Phi) is 4.55. The fourth-order valence-corrected chi connectivity index (χ4v) is 2.09. The summed E-state index contributed by atoms with van der Waals surface area (Å²) in [5.74, 6) is -1.53. The fraction of sp³-hybridized carbons (Fsp3) is 0.333. The summed E-state index contributed by atoms with van der Waals surface area (Å²) in [6, 6.07) is 4.40. The monoisotopic (exact) mass is 303 g/mol. The van der Waals surface area contributed by atoms with Crippen LogP contribution < -0.4 is 10.9 Å². The molecule has 0 spiro atoms. The molecule has 1 heterocycles. The van der Waals surface area contributed by atoms with E-state index in [1.807, 2.05) is 13.0 Å². The first-order valence-corrected chi connectivity index (χ1v) is 6.87. The van der Waals surface area contributed by atoms with Crippen molar-refractivity contribution in [1.82, 2.24) is 14.9 Å². The van der Waals surface area contributed by atoms with Gasteiger partial charge in [0.2, 0.25) is 5.91 Å². The van der Waals surface area contributed by atoms with Crippen molar-refractivity contribution in [3.63, 3.8) is 0 Å². The average Bonchev–Trinajstić information content (AvgIpc) is 2.47. The third-order valence-electron chi connectivity index (χ3n) is 3.38. The highest BCUT2D eigenvalue weighted by Gasteiger charge is 2.14. The van der Waals surface area contributed by atoms with Gasteiger partial charge in [0.1, 0.15) is 6.04 Å². The number of aliphatic carboxylic acids is 1. The molecule has 0 aliphatic carbocycles. The van der Waals surface area contributed by atoms with Gasteiger partial charge in [-0.25, -0.2) is 4.98 Å². The maximum atomic E-state index is 12.3. The maximum Gasteiger partial charge on any atom is 0.325 e.